The minimum atomic E-state index is -0.662. The van der Waals surface area contributed by atoms with Crippen molar-refractivity contribution in [3.05, 3.63) is 29.8 Å². The second kappa shape index (κ2) is 4.23. The lowest BCUT2D eigenvalue weighted by Crippen LogP contribution is -2.28. The van der Waals surface area contributed by atoms with Gasteiger partial charge in [0.05, 0.1) is 12.7 Å². The molecule has 1 aromatic rings. The summed E-state index contributed by atoms with van der Waals surface area (Å²) in [5.74, 6) is 0.807. The maximum Gasteiger partial charge on any atom is 0.124 e. The first-order valence-electron chi connectivity index (χ1n) is 5.62. The van der Waals surface area contributed by atoms with Gasteiger partial charge < -0.3 is 9.84 Å². The van der Waals surface area contributed by atoms with E-state index >= 15 is 0 Å². The highest BCUT2D eigenvalue weighted by atomic mass is 16.5. The van der Waals surface area contributed by atoms with Crippen LogP contribution in [-0.4, -0.2) is 12.2 Å². The van der Waals surface area contributed by atoms with E-state index in [1.165, 1.54) is 6.42 Å². The van der Waals surface area contributed by atoms with Crippen molar-refractivity contribution in [2.75, 3.05) is 7.11 Å². The zero-order chi connectivity index (χ0) is 10.7. The van der Waals surface area contributed by atoms with E-state index in [0.717, 1.165) is 37.0 Å². The van der Waals surface area contributed by atoms with Crippen LogP contribution in [0.2, 0.25) is 0 Å². The molecule has 0 amide bonds. The normalized spacial score (nSPS) is 19.9. The summed E-state index contributed by atoms with van der Waals surface area (Å²) in [5, 5.41) is 10.6. The van der Waals surface area contributed by atoms with Crippen LogP contribution in [0.5, 0.6) is 5.75 Å². The Morgan fingerprint density at radius 2 is 1.80 bits per heavy atom. The average molecular weight is 206 g/mol. The first kappa shape index (κ1) is 10.5. The lowest BCUT2D eigenvalue weighted by Gasteiger charge is -2.33. The van der Waals surface area contributed by atoms with Gasteiger partial charge in [-0.25, -0.2) is 0 Å². The third kappa shape index (κ3) is 2.00. The van der Waals surface area contributed by atoms with Crippen molar-refractivity contribution in [1.29, 1.82) is 0 Å². The van der Waals surface area contributed by atoms with Gasteiger partial charge in [-0.3, -0.25) is 0 Å². The van der Waals surface area contributed by atoms with E-state index in [2.05, 4.69) is 0 Å². The van der Waals surface area contributed by atoms with Crippen LogP contribution in [0.1, 0.15) is 37.7 Å². The van der Waals surface area contributed by atoms with Crippen molar-refractivity contribution < 1.29 is 9.84 Å². The van der Waals surface area contributed by atoms with Crippen LogP contribution in [0.15, 0.2) is 24.3 Å². The third-order valence-corrected chi connectivity index (χ3v) is 3.29. The number of rotatable bonds is 2. The quantitative estimate of drug-likeness (QED) is 0.806. The van der Waals surface area contributed by atoms with Crippen LogP contribution in [0, 0.1) is 0 Å². The maximum absolute atomic E-state index is 10.6. The van der Waals surface area contributed by atoms with Gasteiger partial charge in [0.2, 0.25) is 0 Å². The van der Waals surface area contributed by atoms with Gasteiger partial charge in [-0.2, -0.15) is 0 Å². The van der Waals surface area contributed by atoms with Crippen molar-refractivity contribution in [3.63, 3.8) is 0 Å². The molecule has 2 rings (SSSR count). The molecule has 0 radical (unpaired) electrons. The Morgan fingerprint density at radius 1 is 1.13 bits per heavy atom. The molecule has 2 heteroatoms. The van der Waals surface area contributed by atoms with Gasteiger partial charge in [0.15, 0.2) is 0 Å². The summed E-state index contributed by atoms with van der Waals surface area (Å²) in [5.41, 5.74) is 0.289. The molecule has 1 fully saturated rings. The SMILES string of the molecule is COc1ccccc1C1(O)CCCCC1. The minimum absolute atomic E-state index is 0.662. The third-order valence-electron chi connectivity index (χ3n) is 3.29. The summed E-state index contributed by atoms with van der Waals surface area (Å²) < 4.78 is 5.30. The van der Waals surface area contributed by atoms with Crippen molar-refractivity contribution in [1.82, 2.24) is 0 Å². The molecule has 15 heavy (non-hydrogen) atoms. The second-order valence-electron chi connectivity index (χ2n) is 4.29. The Morgan fingerprint density at radius 3 is 2.47 bits per heavy atom. The summed E-state index contributed by atoms with van der Waals surface area (Å²) in [6.07, 6.45) is 5.15. The molecule has 0 unspecified atom stereocenters. The van der Waals surface area contributed by atoms with Gasteiger partial charge in [0.25, 0.3) is 0 Å². The Balaban J connectivity index is 2.34. The molecule has 0 heterocycles. The molecule has 82 valence electrons. The van der Waals surface area contributed by atoms with E-state index in [1.54, 1.807) is 7.11 Å². The zero-order valence-electron chi connectivity index (χ0n) is 9.20. The monoisotopic (exact) mass is 206 g/mol. The number of para-hydroxylation sites is 1. The van der Waals surface area contributed by atoms with Crippen molar-refractivity contribution >= 4 is 0 Å². The second-order valence-corrected chi connectivity index (χ2v) is 4.29. The smallest absolute Gasteiger partial charge is 0.124 e. The highest BCUT2D eigenvalue weighted by molar-refractivity contribution is 5.38. The molecular weight excluding hydrogens is 188 g/mol. The van der Waals surface area contributed by atoms with E-state index in [4.69, 9.17) is 4.74 Å². The number of hydrogen-bond donors (Lipinski definition) is 1. The Hall–Kier alpha value is -1.02. The van der Waals surface area contributed by atoms with Crippen LogP contribution < -0.4 is 4.74 Å². The molecule has 0 bridgehead atoms. The fourth-order valence-corrected chi connectivity index (χ4v) is 2.44. The van der Waals surface area contributed by atoms with E-state index in [-0.39, 0.29) is 0 Å². The van der Waals surface area contributed by atoms with E-state index in [0.29, 0.717) is 0 Å². The summed E-state index contributed by atoms with van der Waals surface area (Å²) in [7, 11) is 1.66. The molecular formula is C13H18O2. The fourth-order valence-electron chi connectivity index (χ4n) is 2.44. The van der Waals surface area contributed by atoms with Crippen LogP contribution in [-0.2, 0) is 5.60 Å². The molecule has 1 N–H and O–H groups in total. The minimum Gasteiger partial charge on any atom is -0.496 e. The number of benzene rings is 1. The highest BCUT2D eigenvalue weighted by Gasteiger charge is 2.33. The van der Waals surface area contributed by atoms with E-state index in [9.17, 15) is 5.11 Å². The maximum atomic E-state index is 10.6. The predicted molar refractivity (Wildman–Crippen MR) is 60.0 cm³/mol. The lowest BCUT2D eigenvalue weighted by molar-refractivity contribution is -0.00257. The summed E-state index contributed by atoms with van der Waals surface area (Å²) in [6.45, 7) is 0. The topological polar surface area (TPSA) is 29.5 Å². The summed E-state index contributed by atoms with van der Waals surface area (Å²) in [6, 6.07) is 7.80. The van der Waals surface area contributed by atoms with Crippen LogP contribution >= 0.6 is 0 Å². The largest absolute Gasteiger partial charge is 0.496 e. The predicted octanol–water partition coefficient (Wildman–Crippen LogP) is 2.85. The Bertz CT molecular complexity index is 327. The van der Waals surface area contributed by atoms with Gasteiger partial charge >= 0.3 is 0 Å². The highest BCUT2D eigenvalue weighted by Crippen LogP contribution is 2.40. The number of aliphatic hydroxyl groups is 1. The summed E-state index contributed by atoms with van der Waals surface area (Å²) in [4.78, 5) is 0. The molecule has 0 saturated heterocycles. The fraction of sp³-hybridized carbons (Fsp3) is 0.538. The standard InChI is InChI=1S/C13H18O2/c1-15-12-8-4-3-7-11(12)13(14)9-5-2-6-10-13/h3-4,7-8,14H,2,5-6,9-10H2,1H3. The van der Waals surface area contributed by atoms with E-state index in [1.807, 2.05) is 24.3 Å². The van der Waals surface area contributed by atoms with Gasteiger partial charge in [0.1, 0.15) is 5.75 Å². The number of ether oxygens (including phenoxy) is 1. The van der Waals surface area contributed by atoms with Gasteiger partial charge in [-0.15, -0.1) is 0 Å². The molecule has 1 saturated carbocycles. The average Bonchev–Trinajstić information content (AvgIpc) is 2.30. The van der Waals surface area contributed by atoms with Crippen LogP contribution in [0.4, 0.5) is 0 Å². The molecule has 2 nitrogen and oxygen atoms in total. The van der Waals surface area contributed by atoms with Crippen molar-refractivity contribution in [2.45, 2.75) is 37.7 Å². The van der Waals surface area contributed by atoms with Crippen LogP contribution in [0.3, 0.4) is 0 Å². The number of methoxy groups -OCH3 is 1. The van der Waals surface area contributed by atoms with Crippen molar-refractivity contribution in [2.24, 2.45) is 0 Å². The first-order valence-corrected chi connectivity index (χ1v) is 5.62. The molecule has 1 aromatic carbocycles. The van der Waals surface area contributed by atoms with Crippen LogP contribution in [0.25, 0.3) is 0 Å². The van der Waals surface area contributed by atoms with Gasteiger partial charge in [-0.1, -0.05) is 37.5 Å². The zero-order valence-corrected chi connectivity index (χ0v) is 9.20. The van der Waals surface area contributed by atoms with Gasteiger partial charge in [-0.05, 0) is 18.9 Å². The number of hydrogen-bond acceptors (Lipinski definition) is 2. The molecule has 0 aromatic heterocycles. The first-order chi connectivity index (χ1) is 7.26. The Labute approximate surface area is 90.9 Å². The molecule has 0 aliphatic heterocycles. The van der Waals surface area contributed by atoms with Crippen molar-refractivity contribution in [3.8, 4) is 5.75 Å². The Kier molecular flexibility index (Phi) is 2.96. The molecule has 1 aliphatic rings. The van der Waals surface area contributed by atoms with Gasteiger partial charge in [0, 0.05) is 5.56 Å². The van der Waals surface area contributed by atoms with E-state index < -0.39 is 5.60 Å². The lowest BCUT2D eigenvalue weighted by atomic mass is 9.79. The molecule has 0 atom stereocenters. The molecule has 1 aliphatic carbocycles. The molecule has 0 spiro atoms. The summed E-state index contributed by atoms with van der Waals surface area (Å²) >= 11 is 0.